The van der Waals surface area contributed by atoms with Crippen molar-refractivity contribution in [2.45, 2.75) is 12.6 Å². The van der Waals surface area contributed by atoms with Crippen LogP contribution in [0.1, 0.15) is 0 Å². The van der Waals surface area contributed by atoms with Gasteiger partial charge in [0.2, 0.25) is 0 Å². The van der Waals surface area contributed by atoms with Crippen molar-refractivity contribution in [3.8, 4) is 0 Å². The molecule has 1 rings (SSSR count). The molecular weight excluding hydrogens is 188 g/mol. The first-order valence-electron chi connectivity index (χ1n) is 4.15. The summed E-state index contributed by atoms with van der Waals surface area (Å²) in [6.07, 6.45) is 4.83. The quantitative estimate of drug-likeness (QED) is 0.636. The molecule has 1 heterocycles. The topological polar surface area (TPSA) is 58.3 Å². The second-order valence-corrected chi connectivity index (χ2v) is 3.86. The van der Waals surface area contributed by atoms with Crippen LogP contribution in [-0.4, -0.2) is 44.0 Å². The first kappa shape index (κ1) is 10.6. The summed E-state index contributed by atoms with van der Waals surface area (Å²) in [5, 5.41) is 17.6. The monoisotopic (exact) mass is 202 g/mol. The van der Waals surface area contributed by atoms with E-state index in [9.17, 15) is 0 Å². The van der Waals surface area contributed by atoms with E-state index < -0.39 is 6.10 Å². The molecule has 1 unspecified atom stereocenters. The molecule has 0 spiro atoms. The lowest BCUT2D eigenvalue weighted by Crippen LogP contribution is -2.15. The minimum atomic E-state index is -0.590. The highest BCUT2D eigenvalue weighted by Crippen LogP contribution is 2.03. The smallest absolute Gasteiger partial charge is 0.0946 e. The molecule has 1 atom stereocenters. The minimum Gasteiger partial charge on any atom is -0.394 e. The summed E-state index contributed by atoms with van der Waals surface area (Å²) in [7, 11) is 0. The Balaban J connectivity index is 2.02. The molecule has 0 amide bonds. The summed E-state index contributed by atoms with van der Waals surface area (Å²) in [4.78, 5) is 3.92. The number of aliphatic hydroxyl groups is 2. The fourth-order valence-corrected chi connectivity index (χ4v) is 1.75. The maximum Gasteiger partial charge on any atom is 0.0946 e. The van der Waals surface area contributed by atoms with E-state index in [1.807, 2.05) is 10.8 Å². The third-order valence-electron chi connectivity index (χ3n) is 1.57. The van der Waals surface area contributed by atoms with Crippen molar-refractivity contribution in [2.75, 3.05) is 18.1 Å². The number of thioether (sulfide) groups is 1. The molecule has 4 nitrogen and oxygen atoms in total. The normalized spacial score (nSPS) is 13.1. The molecule has 0 aliphatic heterocycles. The van der Waals surface area contributed by atoms with Gasteiger partial charge < -0.3 is 14.8 Å². The van der Waals surface area contributed by atoms with E-state index in [1.54, 1.807) is 24.3 Å². The zero-order valence-electron chi connectivity index (χ0n) is 7.33. The van der Waals surface area contributed by atoms with Crippen LogP contribution in [-0.2, 0) is 6.54 Å². The molecule has 0 aromatic carbocycles. The predicted octanol–water partition coefficient (Wildman–Crippen LogP) is -0.0305. The summed E-state index contributed by atoms with van der Waals surface area (Å²) in [5.74, 6) is 1.51. The molecular formula is C8H14N2O2S. The first-order chi connectivity index (χ1) is 6.33. The standard InChI is InChI=1S/C8H14N2O2S/c11-5-8(12)6-13-4-3-10-2-1-9-7-10/h1-2,7-8,11-12H,3-6H2. The Morgan fingerprint density at radius 3 is 3.00 bits per heavy atom. The van der Waals surface area contributed by atoms with Crippen molar-refractivity contribution < 1.29 is 10.2 Å². The molecule has 0 radical (unpaired) electrons. The Kier molecular flexibility index (Phi) is 4.88. The largest absolute Gasteiger partial charge is 0.394 e. The van der Waals surface area contributed by atoms with Crippen molar-refractivity contribution in [2.24, 2.45) is 0 Å². The van der Waals surface area contributed by atoms with Gasteiger partial charge in [0.1, 0.15) is 0 Å². The fraction of sp³-hybridized carbons (Fsp3) is 0.625. The second kappa shape index (κ2) is 6.01. The van der Waals surface area contributed by atoms with Gasteiger partial charge in [-0.15, -0.1) is 0 Å². The SMILES string of the molecule is OCC(O)CSCCn1ccnc1. The number of imidazole rings is 1. The molecule has 0 saturated heterocycles. The van der Waals surface area contributed by atoms with Crippen LogP contribution in [0.5, 0.6) is 0 Å². The van der Waals surface area contributed by atoms with Gasteiger partial charge in [-0.05, 0) is 0 Å². The van der Waals surface area contributed by atoms with E-state index in [0.717, 1.165) is 12.3 Å². The van der Waals surface area contributed by atoms with Gasteiger partial charge in [0.25, 0.3) is 0 Å². The number of rotatable bonds is 6. The molecule has 1 aromatic heterocycles. The Morgan fingerprint density at radius 1 is 1.54 bits per heavy atom. The lowest BCUT2D eigenvalue weighted by Gasteiger charge is -2.06. The zero-order valence-corrected chi connectivity index (χ0v) is 8.15. The lowest BCUT2D eigenvalue weighted by atomic mass is 10.4. The third kappa shape index (κ3) is 4.31. The van der Waals surface area contributed by atoms with Gasteiger partial charge in [-0.25, -0.2) is 4.98 Å². The Labute approximate surface area is 81.6 Å². The van der Waals surface area contributed by atoms with Crippen LogP contribution in [0, 0.1) is 0 Å². The Morgan fingerprint density at radius 2 is 2.38 bits per heavy atom. The van der Waals surface area contributed by atoms with Crippen LogP contribution in [0.25, 0.3) is 0 Å². The van der Waals surface area contributed by atoms with E-state index in [2.05, 4.69) is 4.98 Å². The third-order valence-corrected chi connectivity index (χ3v) is 2.67. The van der Waals surface area contributed by atoms with Crippen LogP contribution < -0.4 is 0 Å². The highest BCUT2D eigenvalue weighted by atomic mass is 32.2. The Bertz CT molecular complexity index is 216. The predicted molar refractivity (Wildman–Crippen MR) is 52.6 cm³/mol. The molecule has 0 aliphatic carbocycles. The highest BCUT2D eigenvalue weighted by molar-refractivity contribution is 7.99. The van der Waals surface area contributed by atoms with E-state index >= 15 is 0 Å². The van der Waals surface area contributed by atoms with Crippen LogP contribution >= 0.6 is 11.8 Å². The zero-order chi connectivity index (χ0) is 9.52. The van der Waals surface area contributed by atoms with Gasteiger partial charge in [-0.3, -0.25) is 0 Å². The number of aromatic nitrogens is 2. The minimum absolute atomic E-state index is 0.155. The van der Waals surface area contributed by atoms with Crippen molar-refractivity contribution in [1.82, 2.24) is 9.55 Å². The maximum absolute atomic E-state index is 9.03. The number of aryl methyl sites for hydroxylation is 1. The molecule has 1 aromatic rings. The van der Waals surface area contributed by atoms with E-state index in [4.69, 9.17) is 10.2 Å². The highest BCUT2D eigenvalue weighted by Gasteiger charge is 2.00. The van der Waals surface area contributed by atoms with Crippen molar-refractivity contribution >= 4 is 11.8 Å². The summed E-state index contributed by atoms with van der Waals surface area (Å²) in [6.45, 7) is 0.737. The van der Waals surface area contributed by atoms with Crippen LogP contribution in [0.2, 0.25) is 0 Å². The fourth-order valence-electron chi connectivity index (χ4n) is 0.861. The van der Waals surface area contributed by atoms with Gasteiger partial charge in [0.05, 0.1) is 19.0 Å². The number of hydrogen-bond donors (Lipinski definition) is 2. The van der Waals surface area contributed by atoms with Crippen molar-refractivity contribution in [3.05, 3.63) is 18.7 Å². The molecule has 0 saturated carbocycles. The first-order valence-corrected chi connectivity index (χ1v) is 5.31. The molecule has 0 fully saturated rings. The van der Waals surface area contributed by atoms with Gasteiger partial charge in [-0.1, -0.05) is 0 Å². The molecule has 2 N–H and O–H groups in total. The van der Waals surface area contributed by atoms with Crippen LogP contribution in [0.4, 0.5) is 0 Å². The van der Waals surface area contributed by atoms with Gasteiger partial charge in [-0.2, -0.15) is 11.8 Å². The van der Waals surface area contributed by atoms with E-state index in [1.165, 1.54) is 0 Å². The molecule has 13 heavy (non-hydrogen) atoms. The van der Waals surface area contributed by atoms with Gasteiger partial charge in [0.15, 0.2) is 0 Å². The molecule has 0 bridgehead atoms. The summed E-state index contributed by atoms with van der Waals surface area (Å²) in [6, 6.07) is 0. The number of aliphatic hydroxyl groups excluding tert-OH is 2. The summed E-state index contributed by atoms with van der Waals surface area (Å²) in [5.41, 5.74) is 0. The average molecular weight is 202 g/mol. The summed E-state index contributed by atoms with van der Waals surface area (Å²) >= 11 is 1.63. The average Bonchev–Trinajstić information content (AvgIpc) is 2.64. The maximum atomic E-state index is 9.03. The van der Waals surface area contributed by atoms with Crippen LogP contribution in [0.15, 0.2) is 18.7 Å². The van der Waals surface area contributed by atoms with Gasteiger partial charge in [0, 0.05) is 30.4 Å². The second-order valence-electron chi connectivity index (χ2n) is 2.71. The van der Waals surface area contributed by atoms with Gasteiger partial charge >= 0.3 is 0 Å². The van der Waals surface area contributed by atoms with Crippen molar-refractivity contribution in [3.63, 3.8) is 0 Å². The molecule has 74 valence electrons. The lowest BCUT2D eigenvalue weighted by molar-refractivity contribution is 0.113. The number of nitrogens with zero attached hydrogens (tertiary/aromatic N) is 2. The van der Waals surface area contributed by atoms with E-state index in [0.29, 0.717) is 5.75 Å². The van der Waals surface area contributed by atoms with Crippen LogP contribution in [0.3, 0.4) is 0 Å². The Hall–Kier alpha value is -0.520. The van der Waals surface area contributed by atoms with Crippen molar-refractivity contribution in [1.29, 1.82) is 0 Å². The molecule has 5 heteroatoms. The molecule has 0 aliphatic rings. The van der Waals surface area contributed by atoms with E-state index in [-0.39, 0.29) is 6.61 Å². The summed E-state index contributed by atoms with van der Waals surface area (Å²) < 4.78 is 1.98. The number of hydrogen-bond acceptors (Lipinski definition) is 4.